The van der Waals surface area contributed by atoms with Crippen LogP contribution in [0.25, 0.3) is 0 Å². The largest absolute Gasteiger partial charge is 0.489 e. The third kappa shape index (κ3) is 4.23. The summed E-state index contributed by atoms with van der Waals surface area (Å²) in [6.07, 6.45) is 4.73. The van der Waals surface area contributed by atoms with E-state index >= 15 is 0 Å². The van der Waals surface area contributed by atoms with Gasteiger partial charge in [-0.05, 0) is 37.5 Å². The number of para-hydroxylation sites is 2. The molecular weight excluding hydrogens is 308 g/mol. The zero-order chi connectivity index (χ0) is 16.8. The lowest BCUT2D eigenvalue weighted by Gasteiger charge is -2.23. The maximum atomic E-state index is 12.3. The van der Waals surface area contributed by atoms with Crippen molar-refractivity contribution in [1.82, 2.24) is 4.98 Å². The Labute approximate surface area is 139 Å². The zero-order valence-corrected chi connectivity index (χ0v) is 13.3. The normalized spacial score (nSPS) is 17.2. The fraction of sp³-hybridized carbons (Fsp3) is 0.333. The summed E-state index contributed by atoms with van der Waals surface area (Å²) >= 11 is 0. The van der Waals surface area contributed by atoms with Crippen molar-refractivity contribution in [1.29, 1.82) is 0 Å². The van der Waals surface area contributed by atoms with E-state index in [1.807, 2.05) is 18.2 Å². The molecule has 0 bridgehead atoms. The van der Waals surface area contributed by atoms with Crippen molar-refractivity contribution in [2.45, 2.75) is 25.4 Å². The van der Waals surface area contributed by atoms with E-state index in [0.717, 1.165) is 25.9 Å². The van der Waals surface area contributed by atoms with Gasteiger partial charge in [0, 0.05) is 18.9 Å². The Kier molecular flexibility index (Phi) is 5.28. The SMILES string of the molecule is O=C(Nc1ccccc1OCC1CCCCO1)c1ccc(=O)[nH]c1. The predicted octanol–water partition coefficient (Wildman–Crippen LogP) is 2.58. The second-order valence-electron chi connectivity index (χ2n) is 5.69. The highest BCUT2D eigenvalue weighted by Gasteiger charge is 2.16. The minimum absolute atomic E-state index is 0.0988. The minimum Gasteiger partial charge on any atom is -0.489 e. The van der Waals surface area contributed by atoms with Gasteiger partial charge in [0.2, 0.25) is 5.56 Å². The highest BCUT2D eigenvalue weighted by Crippen LogP contribution is 2.25. The quantitative estimate of drug-likeness (QED) is 0.884. The molecule has 1 fully saturated rings. The van der Waals surface area contributed by atoms with Crippen LogP contribution in [0.1, 0.15) is 29.6 Å². The van der Waals surface area contributed by atoms with Gasteiger partial charge in [-0.25, -0.2) is 0 Å². The van der Waals surface area contributed by atoms with Gasteiger partial charge in [0.15, 0.2) is 0 Å². The lowest BCUT2D eigenvalue weighted by atomic mass is 10.1. The van der Waals surface area contributed by atoms with Gasteiger partial charge in [-0.1, -0.05) is 12.1 Å². The summed E-state index contributed by atoms with van der Waals surface area (Å²) in [4.78, 5) is 25.8. The number of H-pyrrole nitrogens is 1. The first-order chi connectivity index (χ1) is 11.7. The van der Waals surface area contributed by atoms with Crippen molar-refractivity contribution in [3.63, 3.8) is 0 Å². The van der Waals surface area contributed by atoms with Gasteiger partial charge in [-0.2, -0.15) is 0 Å². The van der Waals surface area contributed by atoms with E-state index < -0.39 is 0 Å². The molecule has 1 aliphatic rings. The Morgan fingerprint density at radius 1 is 1.25 bits per heavy atom. The second kappa shape index (κ2) is 7.79. The molecule has 0 saturated carbocycles. The average Bonchev–Trinajstić information content (AvgIpc) is 2.62. The maximum absolute atomic E-state index is 12.3. The molecule has 3 rings (SSSR count). The lowest BCUT2D eigenvalue weighted by Crippen LogP contribution is -2.26. The van der Waals surface area contributed by atoms with E-state index in [1.165, 1.54) is 18.3 Å². The Hall–Kier alpha value is -2.60. The number of carbonyl (C=O) groups is 1. The lowest BCUT2D eigenvalue weighted by molar-refractivity contribution is -0.0109. The third-order valence-corrected chi connectivity index (χ3v) is 3.88. The van der Waals surface area contributed by atoms with E-state index in [9.17, 15) is 9.59 Å². The number of amides is 1. The molecule has 1 amide bonds. The molecule has 2 heterocycles. The van der Waals surface area contributed by atoms with Crippen LogP contribution < -0.4 is 15.6 Å². The van der Waals surface area contributed by atoms with Crippen LogP contribution in [-0.4, -0.2) is 30.2 Å². The van der Waals surface area contributed by atoms with Crippen LogP contribution in [-0.2, 0) is 4.74 Å². The standard InChI is InChI=1S/C18H20N2O4/c21-17-9-8-13(11-19-17)18(22)20-15-6-1-2-7-16(15)24-12-14-5-3-4-10-23-14/h1-2,6-9,11,14H,3-5,10,12H2,(H,19,21)(H,20,22). The summed E-state index contributed by atoms with van der Waals surface area (Å²) in [5.74, 6) is 0.292. The summed E-state index contributed by atoms with van der Waals surface area (Å²) in [5, 5.41) is 2.81. The van der Waals surface area contributed by atoms with E-state index in [0.29, 0.717) is 23.6 Å². The van der Waals surface area contributed by atoms with Crippen molar-refractivity contribution in [2.75, 3.05) is 18.5 Å². The molecule has 126 valence electrons. The molecule has 24 heavy (non-hydrogen) atoms. The van der Waals surface area contributed by atoms with Crippen LogP contribution in [0.5, 0.6) is 5.75 Å². The van der Waals surface area contributed by atoms with Crippen LogP contribution in [0.4, 0.5) is 5.69 Å². The zero-order valence-electron chi connectivity index (χ0n) is 13.3. The number of aromatic amines is 1. The highest BCUT2D eigenvalue weighted by molar-refractivity contribution is 6.04. The van der Waals surface area contributed by atoms with Crippen LogP contribution in [0.3, 0.4) is 0 Å². The second-order valence-corrected chi connectivity index (χ2v) is 5.69. The number of anilines is 1. The number of nitrogens with one attached hydrogen (secondary N) is 2. The summed E-state index contributed by atoms with van der Waals surface area (Å²) in [7, 11) is 0. The third-order valence-electron chi connectivity index (χ3n) is 3.88. The highest BCUT2D eigenvalue weighted by atomic mass is 16.5. The van der Waals surface area contributed by atoms with Crippen LogP contribution in [0, 0.1) is 0 Å². The number of benzene rings is 1. The molecule has 2 aromatic rings. The molecule has 6 nitrogen and oxygen atoms in total. The molecule has 1 aromatic heterocycles. The Morgan fingerprint density at radius 3 is 2.88 bits per heavy atom. The smallest absolute Gasteiger partial charge is 0.257 e. The molecular formula is C18H20N2O4. The van der Waals surface area contributed by atoms with Gasteiger partial charge in [-0.3, -0.25) is 9.59 Å². The first-order valence-corrected chi connectivity index (χ1v) is 8.06. The number of rotatable bonds is 5. The predicted molar refractivity (Wildman–Crippen MR) is 90.5 cm³/mol. The molecule has 0 spiro atoms. The van der Waals surface area contributed by atoms with Crippen molar-refractivity contribution < 1.29 is 14.3 Å². The molecule has 2 N–H and O–H groups in total. The number of carbonyl (C=O) groups excluding carboxylic acids is 1. The van der Waals surface area contributed by atoms with Crippen LogP contribution >= 0.6 is 0 Å². The fourth-order valence-electron chi connectivity index (χ4n) is 2.56. The Bertz CT molecular complexity index is 730. The fourth-order valence-corrected chi connectivity index (χ4v) is 2.56. The first kappa shape index (κ1) is 16.3. The molecule has 0 radical (unpaired) electrons. The van der Waals surface area contributed by atoms with Crippen molar-refractivity contribution >= 4 is 11.6 Å². The Morgan fingerprint density at radius 2 is 2.12 bits per heavy atom. The summed E-state index contributed by atoms with van der Waals surface area (Å²) < 4.78 is 11.5. The topological polar surface area (TPSA) is 80.4 Å². The van der Waals surface area contributed by atoms with Gasteiger partial charge in [0.1, 0.15) is 12.4 Å². The van der Waals surface area contributed by atoms with Gasteiger partial charge in [0.05, 0.1) is 17.4 Å². The number of pyridine rings is 1. The van der Waals surface area contributed by atoms with E-state index in [1.54, 1.807) is 6.07 Å². The molecule has 1 aromatic carbocycles. The molecule has 1 saturated heterocycles. The van der Waals surface area contributed by atoms with Crippen molar-refractivity contribution in [3.8, 4) is 5.75 Å². The van der Waals surface area contributed by atoms with E-state index in [-0.39, 0.29) is 17.6 Å². The average molecular weight is 328 g/mol. The monoisotopic (exact) mass is 328 g/mol. The minimum atomic E-state index is -0.309. The number of hydrogen-bond donors (Lipinski definition) is 2. The molecule has 1 aliphatic heterocycles. The summed E-state index contributed by atoms with van der Waals surface area (Å²) in [6.45, 7) is 1.24. The molecule has 6 heteroatoms. The van der Waals surface area contributed by atoms with E-state index in [2.05, 4.69) is 10.3 Å². The maximum Gasteiger partial charge on any atom is 0.257 e. The molecule has 1 unspecified atom stereocenters. The van der Waals surface area contributed by atoms with Gasteiger partial charge in [-0.15, -0.1) is 0 Å². The summed E-state index contributed by atoms with van der Waals surface area (Å²) in [6, 6.07) is 10.1. The summed E-state index contributed by atoms with van der Waals surface area (Å²) in [5.41, 5.74) is 0.715. The molecule has 1 atom stereocenters. The van der Waals surface area contributed by atoms with Gasteiger partial charge >= 0.3 is 0 Å². The number of ether oxygens (including phenoxy) is 2. The first-order valence-electron chi connectivity index (χ1n) is 8.06. The number of hydrogen-bond acceptors (Lipinski definition) is 4. The van der Waals surface area contributed by atoms with Crippen molar-refractivity contribution in [2.24, 2.45) is 0 Å². The van der Waals surface area contributed by atoms with Crippen molar-refractivity contribution in [3.05, 3.63) is 58.5 Å². The Balaban J connectivity index is 1.65. The van der Waals surface area contributed by atoms with Gasteiger partial charge < -0.3 is 19.8 Å². The number of aromatic nitrogens is 1. The van der Waals surface area contributed by atoms with E-state index in [4.69, 9.17) is 9.47 Å². The van der Waals surface area contributed by atoms with Gasteiger partial charge in [0.25, 0.3) is 5.91 Å². The van der Waals surface area contributed by atoms with Crippen LogP contribution in [0.15, 0.2) is 47.4 Å². The van der Waals surface area contributed by atoms with Crippen LogP contribution in [0.2, 0.25) is 0 Å². The molecule has 0 aliphatic carbocycles.